The number of hydrogen-bond donors (Lipinski definition) is 0. The lowest BCUT2D eigenvalue weighted by atomic mass is 9.90. The summed E-state index contributed by atoms with van der Waals surface area (Å²) in [5, 5.41) is 0. The molecule has 116 valence electrons. The molecule has 1 aliphatic heterocycles. The number of halogens is 1. The molecule has 1 amide bonds. The normalized spacial score (nSPS) is 17.5. The summed E-state index contributed by atoms with van der Waals surface area (Å²) in [5.74, 6) is 0.908. The Kier molecular flexibility index (Phi) is 5.86. The molecule has 3 heteroatoms. The standard InChI is InChI=1S/C18H26BrNO/c1-4-6-7-13(5-2)18(19)15-8-10-16-14(12-15)9-11-17(21)20(16)3/h8,10,12-13,18H,4-7,9,11H2,1-3H3. The molecule has 0 saturated heterocycles. The second-order valence-corrected chi connectivity index (χ2v) is 7.04. The molecule has 1 aliphatic rings. The summed E-state index contributed by atoms with van der Waals surface area (Å²) in [6.07, 6.45) is 6.53. The highest BCUT2D eigenvalue weighted by molar-refractivity contribution is 9.09. The molecule has 0 N–H and O–H groups in total. The quantitative estimate of drug-likeness (QED) is 0.641. The maximum Gasteiger partial charge on any atom is 0.227 e. The zero-order valence-electron chi connectivity index (χ0n) is 13.4. The minimum atomic E-state index is 0.222. The maximum atomic E-state index is 11.8. The number of amides is 1. The van der Waals surface area contributed by atoms with Gasteiger partial charge in [-0.3, -0.25) is 4.79 Å². The average Bonchev–Trinajstić information content (AvgIpc) is 2.51. The highest BCUT2D eigenvalue weighted by Crippen LogP contribution is 2.38. The maximum absolute atomic E-state index is 11.8. The van der Waals surface area contributed by atoms with Crippen LogP contribution in [0.5, 0.6) is 0 Å². The second kappa shape index (κ2) is 7.44. The van der Waals surface area contributed by atoms with Gasteiger partial charge in [-0.05, 0) is 36.0 Å². The number of benzene rings is 1. The largest absolute Gasteiger partial charge is 0.315 e. The topological polar surface area (TPSA) is 20.3 Å². The van der Waals surface area contributed by atoms with E-state index in [0.717, 1.165) is 12.1 Å². The molecule has 21 heavy (non-hydrogen) atoms. The molecule has 1 aromatic carbocycles. The van der Waals surface area contributed by atoms with Crippen LogP contribution in [0.2, 0.25) is 0 Å². The molecule has 1 aromatic rings. The Bertz CT molecular complexity index is 500. The van der Waals surface area contributed by atoms with Crippen LogP contribution in [0, 0.1) is 5.92 Å². The summed E-state index contributed by atoms with van der Waals surface area (Å²) >= 11 is 3.92. The number of rotatable bonds is 6. The Morgan fingerprint density at radius 2 is 2.05 bits per heavy atom. The van der Waals surface area contributed by atoms with E-state index in [-0.39, 0.29) is 5.91 Å². The van der Waals surface area contributed by atoms with Crippen molar-refractivity contribution in [3.63, 3.8) is 0 Å². The van der Waals surface area contributed by atoms with Gasteiger partial charge in [-0.1, -0.05) is 61.2 Å². The van der Waals surface area contributed by atoms with E-state index >= 15 is 0 Å². The van der Waals surface area contributed by atoms with Gasteiger partial charge in [-0.25, -0.2) is 0 Å². The number of unbranched alkanes of at least 4 members (excludes halogenated alkanes) is 1. The summed E-state index contributed by atoms with van der Waals surface area (Å²) in [4.78, 5) is 14.0. The number of hydrogen-bond acceptors (Lipinski definition) is 1. The Labute approximate surface area is 137 Å². The molecule has 2 atom stereocenters. The van der Waals surface area contributed by atoms with E-state index in [1.807, 2.05) is 7.05 Å². The molecule has 2 unspecified atom stereocenters. The number of carbonyl (C=O) groups excluding carboxylic acids is 1. The third-order valence-corrected chi connectivity index (χ3v) is 5.91. The van der Waals surface area contributed by atoms with Crippen LogP contribution in [0.25, 0.3) is 0 Å². The van der Waals surface area contributed by atoms with Crippen molar-refractivity contribution in [3.8, 4) is 0 Å². The van der Waals surface area contributed by atoms with Crippen molar-refractivity contribution in [3.05, 3.63) is 29.3 Å². The number of anilines is 1. The van der Waals surface area contributed by atoms with Gasteiger partial charge in [-0.2, -0.15) is 0 Å². The van der Waals surface area contributed by atoms with E-state index in [2.05, 4.69) is 48.0 Å². The van der Waals surface area contributed by atoms with Gasteiger partial charge in [0.1, 0.15) is 0 Å². The molecule has 0 aromatic heterocycles. The zero-order chi connectivity index (χ0) is 15.4. The third-order valence-electron chi connectivity index (χ3n) is 4.63. The van der Waals surface area contributed by atoms with E-state index in [0.29, 0.717) is 17.2 Å². The van der Waals surface area contributed by atoms with Crippen LogP contribution in [0.1, 0.15) is 61.9 Å². The van der Waals surface area contributed by atoms with Gasteiger partial charge < -0.3 is 4.90 Å². The minimum Gasteiger partial charge on any atom is -0.315 e. The smallest absolute Gasteiger partial charge is 0.227 e. The molecular weight excluding hydrogens is 326 g/mol. The second-order valence-electron chi connectivity index (χ2n) is 6.05. The molecule has 0 aliphatic carbocycles. The SMILES string of the molecule is CCCCC(CC)C(Br)c1ccc2c(c1)CCC(=O)N2C. The molecule has 0 fully saturated rings. The van der Waals surface area contributed by atoms with E-state index < -0.39 is 0 Å². The van der Waals surface area contributed by atoms with Crippen molar-refractivity contribution in [2.45, 2.75) is 57.2 Å². The first-order valence-electron chi connectivity index (χ1n) is 8.11. The van der Waals surface area contributed by atoms with Gasteiger partial charge in [0.2, 0.25) is 5.91 Å². The molecule has 0 radical (unpaired) electrons. The fourth-order valence-corrected chi connectivity index (χ4v) is 4.07. The van der Waals surface area contributed by atoms with Gasteiger partial charge in [0.15, 0.2) is 0 Å². The van der Waals surface area contributed by atoms with Gasteiger partial charge in [0.05, 0.1) is 0 Å². The van der Waals surface area contributed by atoms with Crippen molar-refractivity contribution in [1.29, 1.82) is 0 Å². The lowest BCUT2D eigenvalue weighted by Crippen LogP contribution is -2.31. The first-order valence-corrected chi connectivity index (χ1v) is 9.03. The van der Waals surface area contributed by atoms with Crippen LogP contribution >= 0.6 is 15.9 Å². The monoisotopic (exact) mass is 351 g/mol. The van der Waals surface area contributed by atoms with Gasteiger partial charge >= 0.3 is 0 Å². The molecule has 0 spiro atoms. The van der Waals surface area contributed by atoms with Crippen molar-refractivity contribution in [1.82, 2.24) is 0 Å². The highest BCUT2D eigenvalue weighted by Gasteiger charge is 2.24. The predicted molar refractivity (Wildman–Crippen MR) is 93.1 cm³/mol. The summed E-state index contributed by atoms with van der Waals surface area (Å²) < 4.78 is 0. The zero-order valence-corrected chi connectivity index (χ0v) is 14.9. The van der Waals surface area contributed by atoms with Crippen molar-refractivity contribution in [2.24, 2.45) is 5.92 Å². The third kappa shape index (κ3) is 3.68. The summed E-state index contributed by atoms with van der Waals surface area (Å²) in [5.41, 5.74) is 3.75. The highest BCUT2D eigenvalue weighted by atomic mass is 79.9. The first kappa shape index (κ1) is 16.5. The van der Waals surface area contributed by atoms with Crippen molar-refractivity contribution < 1.29 is 4.79 Å². The predicted octanol–water partition coefficient (Wildman–Crippen LogP) is 5.25. The molecular formula is C18H26BrNO. The number of nitrogens with zero attached hydrogens (tertiary/aromatic N) is 1. The number of fused-ring (bicyclic) bond motifs is 1. The Hall–Kier alpha value is -0.830. The Morgan fingerprint density at radius 3 is 2.71 bits per heavy atom. The van der Waals surface area contributed by atoms with Crippen molar-refractivity contribution in [2.75, 3.05) is 11.9 Å². The molecule has 1 heterocycles. The fraction of sp³-hybridized carbons (Fsp3) is 0.611. The van der Waals surface area contributed by atoms with E-state index in [4.69, 9.17) is 0 Å². The summed E-state index contributed by atoms with van der Waals surface area (Å²) in [6.45, 7) is 4.53. The van der Waals surface area contributed by atoms with Gasteiger partial charge in [0.25, 0.3) is 0 Å². The molecule has 0 bridgehead atoms. The lowest BCUT2D eigenvalue weighted by molar-refractivity contribution is -0.118. The first-order chi connectivity index (χ1) is 10.1. The van der Waals surface area contributed by atoms with E-state index in [1.54, 1.807) is 4.90 Å². The van der Waals surface area contributed by atoms with Gasteiger partial charge in [0, 0.05) is 24.0 Å². The molecule has 2 nitrogen and oxygen atoms in total. The Morgan fingerprint density at radius 1 is 1.29 bits per heavy atom. The molecule has 2 rings (SSSR count). The average molecular weight is 352 g/mol. The van der Waals surface area contributed by atoms with Crippen LogP contribution in [-0.2, 0) is 11.2 Å². The van der Waals surface area contributed by atoms with Crippen LogP contribution in [0.3, 0.4) is 0 Å². The van der Waals surface area contributed by atoms with Crippen LogP contribution in [0.15, 0.2) is 18.2 Å². The Balaban J connectivity index is 2.19. The van der Waals surface area contributed by atoms with Gasteiger partial charge in [-0.15, -0.1) is 0 Å². The number of aryl methyl sites for hydroxylation is 1. The summed E-state index contributed by atoms with van der Waals surface area (Å²) in [7, 11) is 1.88. The summed E-state index contributed by atoms with van der Waals surface area (Å²) in [6, 6.07) is 6.59. The fourth-order valence-electron chi connectivity index (χ4n) is 3.14. The van der Waals surface area contributed by atoms with E-state index in [1.165, 1.54) is 36.8 Å². The van der Waals surface area contributed by atoms with Crippen molar-refractivity contribution >= 4 is 27.5 Å². The van der Waals surface area contributed by atoms with Crippen LogP contribution in [-0.4, -0.2) is 13.0 Å². The molecule has 0 saturated carbocycles. The lowest BCUT2D eigenvalue weighted by Gasteiger charge is -2.28. The number of alkyl halides is 1. The minimum absolute atomic E-state index is 0.222. The van der Waals surface area contributed by atoms with E-state index in [9.17, 15) is 4.79 Å². The number of carbonyl (C=O) groups is 1. The van der Waals surface area contributed by atoms with Crippen LogP contribution < -0.4 is 4.90 Å². The van der Waals surface area contributed by atoms with Crippen LogP contribution in [0.4, 0.5) is 5.69 Å².